The van der Waals surface area contributed by atoms with Crippen molar-refractivity contribution in [2.45, 2.75) is 32.9 Å². The summed E-state index contributed by atoms with van der Waals surface area (Å²) >= 11 is 0. The van der Waals surface area contributed by atoms with Crippen LogP contribution in [0.5, 0.6) is 0 Å². The molecular weight excluding hydrogens is 297 g/mol. The molecule has 1 aromatic carbocycles. The van der Waals surface area contributed by atoms with E-state index in [1.807, 2.05) is 42.9 Å². The Balaban J connectivity index is 2.21. The molecule has 0 radical (unpaired) electrons. The molecule has 0 spiro atoms. The van der Waals surface area contributed by atoms with E-state index in [-0.39, 0.29) is 18.3 Å². The minimum absolute atomic E-state index is 0.109. The number of hydrogen-bond acceptors (Lipinski definition) is 2. The number of nitrogens with one attached hydrogen (secondary N) is 1. The minimum Gasteiger partial charge on any atom is -0.392 e. The molecule has 124 valence electrons. The van der Waals surface area contributed by atoms with Crippen LogP contribution in [-0.2, 0) is 0 Å². The SMILES string of the molecule is CC(O)CN(C(=O)Nc1cc(-n2cccc2)ccc1F)C(C)C. The number of rotatable bonds is 5. The van der Waals surface area contributed by atoms with Crippen LogP contribution < -0.4 is 5.32 Å². The zero-order chi connectivity index (χ0) is 17.0. The fourth-order valence-corrected chi connectivity index (χ4v) is 2.28. The van der Waals surface area contributed by atoms with Gasteiger partial charge in [0.05, 0.1) is 11.8 Å². The van der Waals surface area contributed by atoms with Gasteiger partial charge >= 0.3 is 6.03 Å². The molecule has 1 heterocycles. The summed E-state index contributed by atoms with van der Waals surface area (Å²) in [5, 5.41) is 12.1. The third kappa shape index (κ3) is 4.32. The molecule has 0 aliphatic heterocycles. The number of aromatic nitrogens is 1. The fourth-order valence-electron chi connectivity index (χ4n) is 2.28. The summed E-state index contributed by atoms with van der Waals surface area (Å²) in [6.45, 7) is 5.47. The van der Waals surface area contributed by atoms with Crippen molar-refractivity contribution in [1.29, 1.82) is 0 Å². The largest absolute Gasteiger partial charge is 0.392 e. The molecule has 0 aliphatic carbocycles. The first-order chi connectivity index (χ1) is 10.9. The van der Waals surface area contributed by atoms with Crippen molar-refractivity contribution in [3.63, 3.8) is 0 Å². The van der Waals surface area contributed by atoms with Gasteiger partial charge in [0.25, 0.3) is 0 Å². The highest BCUT2D eigenvalue weighted by Crippen LogP contribution is 2.20. The lowest BCUT2D eigenvalue weighted by atomic mass is 10.2. The first kappa shape index (κ1) is 17.0. The van der Waals surface area contributed by atoms with E-state index in [2.05, 4.69) is 5.32 Å². The van der Waals surface area contributed by atoms with E-state index in [0.717, 1.165) is 5.69 Å². The number of benzene rings is 1. The van der Waals surface area contributed by atoms with Gasteiger partial charge in [-0.05, 0) is 51.1 Å². The summed E-state index contributed by atoms with van der Waals surface area (Å²) in [6.07, 6.45) is 3.03. The molecule has 2 rings (SSSR count). The van der Waals surface area contributed by atoms with Gasteiger partial charge in [-0.1, -0.05) is 0 Å². The van der Waals surface area contributed by atoms with E-state index in [1.165, 1.54) is 11.0 Å². The number of amides is 2. The zero-order valence-corrected chi connectivity index (χ0v) is 13.5. The minimum atomic E-state index is -0.654. The van der Waals surface area contributed by atoms with Gasteiger partial charge in [0, 0.05) is 30.7 Å². The smallest absolute Gasteiger partial charge is 0.322 e. The molecule has 1 aromatic heterocycles. The average Bonchev–Trinajstić information content (AvgIpc) is 3.00. The quantitative estimate of drug-likeness (QED) is 0.889. The van der Waals surface area contributed by atoms with Crippen molar-refractivity contribution in [2.24, 2.45) is 0 Å². The number of halogens is 1. The maximum absolute atomic E-state index is 14.0. The second-order valence-electron chi connectivity index (χ2n) is 5.78. The van der Waals surface area contributed by atoms with Crippen LogP contribution in [0.3, 0.4) is 0 Å². The van der Waals surface area contributed by atoms with Gasteiger partial charge in [0.2, 0.25) is 0 Å². The van der Waals surface area contributed by atoms with Gasteiger partial charge < -0.3 is 19.9 Å². The topological polar surface area (TPSA) is 57.5 Å². The maximum atomic E-state index is 14.0. The number of aliphatic hydroxyl groups is 1. The summed E-state index contributed by atoms with van der Waals surface area (Å²) < 4.78 is 15.8. The second-order valence-corrected chi connectivity index (χ2v) is 5.78. The molecule has 23 heavy (non-hydrogen) atoms. The van der Waals surface area contributed by atoms with Gasteiger partial charge in [-0.25, -0.2) is 9.18 Å². The van der Waals surface area contributed by atoms with Crippen molar-refractivity contribution in [3.05, 3.63) is 48.5 Å². The predicted molar refractivity (Wildman–Crippen MR) is 88.3 cm³/mol. The Morgan fingerprint density at radius 1 is 1.30 bits per heavy atom. The standard InChI is InChI=1S/C17H22FN3O2/c1-12(2)21(11-13(3)22)17(23)19-16-10-14(6-7-15(16)18)20-8-4-5-9-20/h4-10,12-13,22H,11H2,1-3H3,(H,19,23). The van der Waals surface area contributed by atoms with Gasteiger partial charge in [-0.2, -0.15) is 0 Å². The fraction of sp³-hybridized carbons (Fsp3) is 0.353. The van der Waals surface area contributed by atoms with Crippen LogP contribution in [0.1, 0.15) is 20.8 Å². The number of urea groups is 1. The van der Waals surface area contributed by atoms with Crippen LogP contribution in [0.2, 0.25) is 0 Å². The van der Waals surface area contributed by atoms with E-state index < -0.39 is 18.0 Å². The summed E-state index contributed by atoms with van der Waals surface area (Å²) in [7, 11) is 0. The van der Waals surface area contributed by atoms with Crippen LogP contribution >= 0.6 is 0 Å². The molecule has 1 atom stereocenters. The first-order valence-electron chi connectivity index (χ1n) is 7.57. The molecule has 2 aromatic rings. The summed E-state index contributed by atoms with van der Waals surface area (Å²) in [6, 6.07) is 7.72. The predicted octanol–water partition coefficient (Wildman–Crippen LogP) is 3.24. The molecule has 0 saturated carbocycles. The summed E-state index contributed by atoms with van der Waals surface area (Å²) in [5.41, 5.74) is 0.857. The van der Waals surface area contributed by atoms with Crippen LogP contribution in [0.25, 0.3) is 5.69 Å². The normalized spacial score (nSPS) is 12.3. The lowest BCUT2D eigenvalue weighted by Crippen LogP contribution is -2.43. The van der Waals surface area contributed by atoms with Gasteiger partial charge in [-0.3, -0.25) is 0 Å². The number of carbonyl (C=O) groups is 1. The van der Waals surface area contributed by atoms with Gasteiger partial charge in [0.15, 0.2) is 0 Å². The molecule has 2 amide bonds. The van der Waals surface area contributed by atoms with Crippen LogP contribution in [0.15, 0.2) is 42.7 Å². The summed E-state index contributed by atoms with van der Waals surface area (Å²) in [4.78, 5) is 13.8. The van der Waals surface area contributed by atoms with Crippen molar-refractivity contribution < 1.29 is 14.3 Å². The molecule has 0 fully saturated rings. The monoisotopic (exact) mass is 319 g/mol. The van der Waals surface area contributed by atoms with Crippen LogP contribution in [0, 0.1) is 5.82 Å². The molecule has 2 N–H and O–H groups in total. The molecular formula is C17H22FN3O2. The average molecular weight is 319 g/mol. The van der Waals surface area contributed by atoms with E-state index in [1.54, 1.807) is 19.1 Å². The highest BCUT2D eigenvalue weighted by molar-refractivity contribution is 5.90. The highest BCUT2D eigenvalue weighted by Gasteiger charge is 2.20. The van der Waals surface area contributed by atoms with E-state index in [4.69, 9.17) is 0 Å². The van der Waals surface area contributed by atoms with E-state index in [9.17, 15) is 14.3 Å². The maximum Gasteiger partial charge on any atom is 0.322 e. The van der Waals surface area contributed by atoms with E-state index in [0.29, 0.717) is 0 Å². The van der Waals surface area contributed by atoms with Gasteiger partial charge in [0.1, 0.15) is 5.82 Å². The Labute approximate surface area is 135 Å². The Bertz CT molecular complexity index is 654. The first-order valence-corrected chi connectivity index (χ1v) is 7.57. The molecule has 6 heteroatoms. The number of hydrogen-bond donors (Lipinski definition) is 2. The Morgan fingerprint density at radius 3 is 2.52 bits per heavy atom. The zero-order valence-electron chi connectivity index (χ0n) is 13.5. The van der Waals surface area contributed by atoms with Crippen molar-refractivity contribution in [2.75, 3.05) is 11.9 Å². The lowest BCUT2D eigenvalue weighted by molar-refractivity contribution is 0.125. The van der Waals surface area contributed by atoms with E-state index >= 15 is 0 Å². The Kier molecular flexibility index (Phi) is 5.39. The van der Waals surface area contributed by atoms with Crippen molar-refractivity contribution >= 4 is 11.7 Å². The molecule has 0 aliphatic rings. The van der Waals surface area contributed by atoms with Crippen molar-refractivity contribution in [1.82, 2.24) is 9.47 Å². The number of anilines is 1. The van der Waals surface area contributed by atoms with Crippen LogP contribution in [0.4, 0.5) is 14.9 Å². The lowest BCUT2D eigenvalue weighted by Gasteiger charge is -2.28. The number of nitrogens with zero attached hydrogens (tertiary/aromatic N) is 2. The Hall–Kier alpha value is -2.34. The third-order valence-corrected chi connectivity index (χ3v) is 3.44. The number of carbonyl (C=O) groups excluding carboxylic acids is 1. The van der Waals surface area contributed by atoms with Gasteiger partial charge in [-0.15, -0.1) is 0 Å². The third-order valence-electron chi connectivity index (χ3n) is 3.44. The highest BCUT2D eigenvalue weighted by atomic mass is 19.1. The molecule has 0 saturated heterocycles. The van der Waals surface area contributed by atoms with Crippen LogP contribution in [-0.4, -0.2) is 39.3 Å². The molecule has 0 bridgehead atoms. The van der Waals surface area contributed by atoms with Crippen molar-refractivity contribution in [3.8, 4) is 5.69 Å². The summed E-state index contributed by atoms with van der Waals surface area (Å²) in [5.74, 6) is -0.505. The Morgan fingerprint density at radius 2 is 1.96 bits per heavy atom. The molecule has 5 nitrogen and oxygen atoms in total. The number of aliphatic hydroxyl groups excluding tert-OH is 1. The second kappa shape index (κ2) is 7.28. The molecule has 1 unspecified atom stereocenters.